The summed E-state index contributed by atoms with van der Waals surface area (Å²) in [6.07, 6.45) is 0. The zero-order valence-electron chi connectivity index (χ0n) is 10.9. The molecule has 0 aromatic heterocycles. The van der Waals surface area contributed by atoms with Crippen LogP contribution in [0.25, 0.3) is 0 Å². The SMILES string of the molecule is COc1c(F)cccc1C(=O)c1cccc(F)c1OC. The van der Waals surface area contributed by atoms with E-state index in [-0.39, 0.29) is 22.6 Å². The van der Waals surface area contributed by atoms with Crippen LogP contribution in [0, 0.1) is 11.6 Å². The molecule has 0 amide bonds. The van der Waals surface area contributed by atoms with Crippen molar-refractivity contribution in [3.63, 3.8) is 0 Å². The highest BCUT2D eigenvalue weighted by Crippen LogP contribution is 2.29. The first-order valence-corrected chi connectivity index (χ1v) is 5.79. The van der Waals surface area contributed by atoms with E-state index in [0.717, 1.165) is 0 Å². The number of rotatable bonds is 4. The highest BCUT2D eigenvalue weighted by atomic mass is 19.1. The molecule has 0 heterocycles. The molecule has 0 N–H and O–H groups in total. The van der Waals surface area contributed by atoms with Crippen LogP contribution in [0.4, 0.5) is 8.78 Å². The summed E-state index contributed by atoms with van der Waals surface area (Å²) >= 11 is 0. The smallest absolute Gasteiger partial charge is 0.200 e. The summed E-state index contributed by atoms with van der Waals surface area (Å²) in [5.74, 6) is -2.24. The first-order chi connectivity index (χ1) is 9.60. The fraction of sp³-hybridized carbons (Fsp3) is 0.133. The van der Waals surface area contributed by atoms with Gasteiger partial charge in [0.25, 0.3) is 0 Å². The number of carbonyl (C=O) groups is 1. The molecule has 2 rings (SSSR count). The number of benzene rings is 2. The Morgan fingerprint density at radius 1 is 0.850 bits per heavy atom. The minimum Gasteiger partial charge on any atom is -0.493 e. The minimum atomic E-state index is -0.659. The fourth-order valence-electron chi connectivity index (χ4n) is 1.94. The molecule has 2 aromatic rings. The lowest BCUT2D eigenvalue weighted by atomic mass is 10.0. The van der Waals surface area contributed by atoms with Gasteiger partial charge in [0.15, 0.2) is 23.1 Å². The van der Waals surface area contributed by atoms with Crippen LogP contribution in [0.15, 0.2) is 36.4 Å². The summed E-state index contributed by atoms with van der Waals surface area (Å²) in [5.41, 5.74) is 0.0211. The number of carbonyl (C=O) groups excluding carboxylic acids is 1. The van der Waals surface area contributed by atoms with Gasteiger partial charge in [0.05, 0.1) is 25.3 Å². The monoisotopic (exact) mass is 278 g/mol. The zero-order chi connectivity index (χ0) is 14.7. The molecule has 3 nitrogen and oxygen atoms in total. The molecule has 0 aliphatic rings. The molecule has 5 heteroatoms. The van der Waals surface area contributed by atoms with Crippen LogP contribution < -0.4 is 9.47 Å². The third-order valence-electron chi connectivity index (χ3n) is 2.83. The van der Waals surface area contributed by atoms with Gasteiger partial charge in [-0.2, -0.15) is 0 Å². The van der Waals surface area contributed by atoms with E-state index in [1.807, 2.05) is 0 Å². The highest BCUT2D eigenvalue weighted by Gasteiger charge is 2.22. The Labute approximate surface area is 114 Å². The maximum atomic E-state index is 13.6. The van der Waals surface area contributed by atoms with Gasteiger partial charge in [-0.25, -0.2) is 8.78 Å². The molecule has 0 saturated heterocycles. The Kier molecular flexibility index (Phi) is 3.98. The van der Waals surface area contributed by atoms with E-state index in [1.165, 1.54) is 50.6 Å². The van der Waals surface area contributed by atoms with Gasteiger partial charge in [-0.15, -0.1) is 0 Å². The number of hydrogen-bond acceptors (Lipinski definition) is 3. The van der Waals surface area contributed by atoms with E-state index in [1.54, 1.807) is 0 Å². The van der Waals surface area contributed by atoms with E-state index >= 15 is 0 Å². The molecular weight excluding hydrogens is 266 g/mol. The first-order valence-electron chi connectivity index (χ1n) is 5.79. The van der Waals surface area contributed by atoms with Crippen molar-refractivity contribution in [3.05, 3.63) is 59.2 Å². The van der Waals surface area contributed by atoms with Gasteiger partial charge in [0.1, 0.15) is 0 Å². The summed E-state index contributed by atoms with van der Waals surface area (Å²) in [4.78, 5) is 12.4. The number of hydrogen-bond donors (Lipinski definition) is 0. The maximum absolute atomic E-state index is 13.6. The Balaban J connectivity index is 2.58. The van der Waals surface area contributed by atoms with Crippen molar-refractivity contribution in [1.29, 1.82) is 0 Å². The number of halogens is 2. The van der Waals surface area contributed by atoms with Crippen LogP contribution in [-0.4, -0.2) is 20.0 Å². The van der Waals surface area contributed by atoms with Gasteiger partial charge < -0.3 is 9.47 Å². The quantitative estimate of drug-likeness (QED) is 0.806. The van der Waals surface area contributed by atoms with Crippen LogP contribution >= 0.6 is 0 Å². The second kappa shape index (κ2) is 5.69. The van der Waals surface area contributed by atoms with Crippen molar-refractivity contribution in [1.82, 2.24) is 0 Å². The van der Waals surface area contributed by atoms with Crippen molar-refractivity contribution in [2.45, 2.75) is 0 Å². The van der Waals surface area contributed by atoms with Crippen LogP contribution in [0.1, 0.15) is 15.9 Å². The highest BCUT2D eigenvalue weighted by molar-refractivity contribution is 6.12. The predicted molar refractivity (Wildman–Crippen MR) is 69.3 cm³/mol. The van der Waals surface area contributed by atoms with Crippen molar-refractivity contribution < 1.29 is 23.0 Å². The van der Waals surface area contributed by atoms with E-state index in [0.29, 0.717) is 0 Å². The van der Waals surface area contributed by atoms with Crippen LogP contribution in [0.2, 0.25) is 0 Å². The molecular formula is C15H12F2O3. The lowest BCUT2D eigenvalue weighted by Crippen LogP contribution is -2.08. The van der Waals surface area contributed by atoms with Gasteiger partial charge in [-0.05, 0) is 24.3 Å². The number of ether oxygens (including phenoxy) is 2. The van der Waals surface area contributed by atoms with Crippen molar-refractivity contribution in [3.8, 4) is 11.5 Å². The van der Waals surface area contributed by atoms with Crippen LogP contribution in [0.5, 0.6) is 11.5 Å². The van der Waals surface area contributed by atoms with E-state index in [4.69, 9.17) is 9.47 Å². The first kappa shape index (κ1) is 14.0. The summed E-state index contributed by atoms with van der Waals surface area (Å²) in [6.45, 7) is 0. The van der Waals surface area contributed by atoms with Gasteiger partial charge in [-0.3, -0.25) is 4.79 Å². The van der Waals surface area contributed by atoms with E-state index in [9.17, 15) is 13.6 Å². The van der Waals surface area contributed by atoms with Crippen LogP contribution in [-0.2, 0) is 0 Å². The van der Waals surface area contributed by atoms with E-state index < -0.39 is 17.4 Å². The molecule has 0 aliphatic carbocycles. The maximum Gasteiger partial charge on any atom is 0.200 e. The van der Waals surface area contributed by atoms with Gasteiger partial charge in [-0.1, -0.05) is 12.1 Å². The second-order valence-corrected chi connectivity index (χ2v) is 3.97. The van der Waals surface area contributed by atoms with E-state index in [2.05, 4.69) is 0 Å². The molecule has 0 aliphatic heterocycles. The Hall–Kier alpha value is -2.43. The molecule has 0 saturated carbocycles. The fourth-order valence-corrected chi connectivity index (χ4v) is 1.94. The van der Waals surface area contributed by atoms with Gasteiger partial charge >= 0.3 is 0 Å². The Morgan fingerprint density at radius 3 is 1.60 bits per heavy atom. The molecule has 0 fully saturated rings. The topological polar surface area (TPSA) is 35.5 Å². The Bertz CT molecular complexity index is 598. The molecule has 104 valence electrons. The summed E-state index contributed by atoms with van der Waals surface area (Å²) in [7, 11) is 2.52. The predicted octanol–water partition coefficient (Wildman–Crippen LogP) is 3.21. The van der Waals surface area contributed by atoms with Crippen molar-refractivity contribution >= 4 is 5.78 Å². The summed E-state index contributed by atoms with van der Waals surface area (Å²) < 4.78 is 37.0. The van der Waals surface area contributed by atoms with Crippen molar-refractivity contribution in [2.24, 2.45) is 0 Å². The van der Waals surface area contributed by atoms with Gasteiger partial charge in [0, 0.05) is 0 Å². The standard InChI is InChI=1S/C15H12F2O3/c1-19-14-9(5-3-7-11(14)16)13(18)10-6-4-8-12(17)15(10)20-2/h3-8H,1-2H3. The Morgan fingerprint density at radius 2 is 1.25 bits per heavy atom. The van der Waals surface area contributed by atoms with Gasteiger partial charge in [0.2, 0.25) is 5.78 Å². The summed E-state index contributed by atoms with van der Waals surface area (Å²) in [6, 6.07) is 7.95. The minimum absolute atomic E-state index is 0.0106. The normalized spacial score (nSPS) is 10.2. The molecule has 0 bridgehead atoms. The number of para-hydroxylation sites is 2. The third-order valence-corrected chi connectivity index (χ3v) is 2.83. The molecule has 0 unspecified atom stereocenters. The van der Waals surface area contributed by atoms with Crippen molar-refractivity contribution in [2.75, 3.05) is 14.2 Å². The molecule has 0 atom stereocenters. The summed E-state index contributed by atoms with van der Waals surface area (Å²) in [5, 5.41) is 0. The number of ketones is 1. The molecule has 20 heavy (non-hydrogen) atoms. The molecule has 0 spiro atoms. The van der Waals surface area contributed by atoms with Crippen LogP contribution in [0.3, 0.4) is 0 Å². The average molecular weight is 278 g/mol. The largest absolute Gasteiger partial charge is 0.493 e. The average Bonchev–Trinajstić information content (AvgIpc) is 2.46. The zero-order valence-corrected chi connectivity index (χ0v) is 10.9. The molecule has 0 radical (unpaired) electrons. The second-order valence-electron chi connectivity index (χ2n) is 3.97. The lowest BCUT2D eigenvalue weighted by Gasteiger charge is -2.11. The number of methoxy groups -OCH3 is 2. The third kappa shape index (κ3) is 2.34. The molecule has 2 aromatic carbocycles. The lowest BCUT2D eigenvalue weighted by molar-refractivity contribution is 0.103.